The van der Waals surface area contributed by atoms with E-state index in [9.17, 15) is 4.79 Å². The number of hydrogen-bond acceptors (Lipinski definition) is 6. The van der Waals surface area contributed by atoms with E-state index in [-0.39, 0.29) is 12.7 Å². The van der Waals surface area contributed by atoms with Crippen molar-refractivity contribution in [3.63, 3.8) is 0 Å². The quantitative estimate of drug-likeness (QED) is 0.589. The van der Waals surface area contributed by atoms with Crippen molar-refractivity contribution in [2.24, 2.45) is 0 Å². The molecule has 2 heterocycles. The number of benzene rings is 2. The first-order valence-corrected chi connectivity index (χ1v) is 9.15. The molecule has 2 aliphatic heterocycles. The maximum absolute atomic E-state index is 12.8. The first kappa shape index (κ1) is 16.9. The molecule has 5 nitrogen and oxygen atoms in total. The largest absolute Gasteiger partial charge is 0.496 e. The van der Waals surface area contributed by atoms with Gasteiger partial charge in [0.2, 0.25) is 6.79 Å². The lowest BCUT2D eigenvalue weighted by atomic mass is 10.1. The van der Waals surface area contributed by atoms with Crippen LogP contribution in [0.1, 0.15) is 11.1 Å². The van der Waals surface area contributed by atoms with E-state index >= 15 is 0 Å². The zero-order valence-corrected chi connectivity index (χ0v) is 15.6. The second kappa shape index (κ2) is 7.01. The molecular weight excluding hydrogens is 370 g/mol. The van der Waals surface area contributed by atoms with E-state index in [2.05, 4.69) is 0 Å². The van der Waals surface area contributed by atoms with Crippen LogP contribution in [0.5, 0.6) is 17.2 Å². The van der Waals surface area contributed by atoms with E-state index in [4.69, 9.17) is 26.4 Å². The Labute approximate surface area is 160 Å². The zero-order valence-electron chi connectivity index (χ0n) is 13.9. The van der Waals surface area contributed by atoms with E-state index in [0.717, 1.165) is 16.9 Å². The van der Waals surface area contributed by atoms with Crippen LogP contribution in [-0.4, -0.2) is 29.0 Å². The number of carbonyl (C=O) groups excluding carboxylic acids is 1. The fraction of sp³-hybridized carbons (Fsp3) is 0.158. The van der Waals surface area contributed by atoms with Gasteiger partial charge in [-0.1, -0.05) is 48.2 Å². The van der Waals surface area contributed by atoms with Crippen LogP contribution < -0.4 is 14.2 Å². The SMILES string of the molecule is COc1ccccc1/C=C1/SC(=S)N(Cc2ccc3c(c2)OCO3)C1=O. The van der Waals surface area contributed by atoms with Gasteiger partial charge < -0.3 is 14.2 Å². The van der Waals surface area contributed by atoms with Crippen LogP contribution >= 0.6 is 24.0 Å². The Morgan fingerprint density at radius 3 is 2.88 bits per heavy atom. The van der Waals surface area contributed by atoms with Gasteiger partial charge in [0.25, 0.3) is 5.91 Å². The smallest absolute Gasteiger partial charge is 0.266 e. The van der Waals surface area contributed by atoms with E-state index in [1.165, 1.54) is 11.8 Å². The number of thioether (sulfide) groups is 1. The number of amides is 1. The molecule has 7 heteroatoms. The predicted octanol–water partition coefficient (Wildman–Crippen LogP) is 3.83. The van der Waals surface area contributed by atoms with Crippen molar-refractivity contribution in [1.82, 2.24) is 4.90 Å². The molecule has 0 aliphatic carbocycles. The van der Waals surface area contributed by atoms with Crippen LogP contribution in [-0.2, 0) is 11.3 Å². The van der Waals surface area contributed by atoms with Crippen LogP contribution in [0.2, 0.25) is 0 Å². The molecule has 0 bridgehead atoms. The Bertz CT molecular complexity index is 926. The summed E-state index contributed by atoms with van der Waals surface area (Å²) in [5.41, 5.74) is 1.78. The Hall–Kier alpha value is -2.51. The van der Waals surface area contributed by atoms with Crippen molar-refractivity contribution < 1.29 is 19.0 Å². The highest BCUT2D eigenvalue weighted by atomic mass is 32.2. The van der Waals surface area contributed by atoms with Crippen LogP contribution in [0.25, 0.3) is 6.08 Å². The summed E-state index contributed by atoms with van der Waals surface area (Å²) < 4.78 is 16.6. The number of methoxy groups -OCH3 is 1. The number of ether oxygens (including phenoxy) is 3. The van der Waals surface area contributed by atoms with Crippen molar-refractivity contribution in [2.45, 2.75) is 6.54 Å². The minimum Gasteiger partial charge on any atom is -0.496 e. The van der Waals surface area contributed by atoms with Crippen molar-refractivity contribution >= 4 is 40.3 Å². The molecule has 0 spiro atoms. The number of carbonyl (C=O) groups is 1. The lowest BCUT2D eigenvalue weighted by Gasteiger charge is -2.14. The maximum atomic E-state index is 12.8. The average Bonchev–Trinajstić information content (AvgIpc) is 3.22. The van der Waals surface area contributed by atoms with Crippen molar-refractivity contribution in [3.05, 3.63) is 58.5 Å². The van der Waals surface area contributed by atoms with Crippen LogP contribution in [0.15, 0.2) is 47.4 Å². The predicted molar refractivity (Wildman–Crippen MR) is 104 cm³/mol. The lowest BCUT2D eigenvalue weighted by molar-refractivity contribution is -0.122. The summed E-state index contributed by atoms with van der Waals surface area (Å²) in [5.74, 6) is 2.02. The molecule has 0 N–H and O–H groups in total. The number of nitrogens with zero attached hydrogens (tertiary/aromatic N) is 1. The molecular formula is C19H15NO4S2. The van der Waals surface area contributed by atoms with Gasteiger partial charge in [-0.25, -0.2) is 0 Å². The second-order valence-corrected chi connectivity index (χ2v) is 7.37. The van der Waals surface area contributed by atoms with E-state index in [1.807, 2.05) is 48.5 Å². The Morgan fingerprint density at radius 1 is 1.23 bits per heavy atom. The fourth-order valence-electron chi connectivity index (χ4n) is 2.79. The van der Waals surface area contributed by atoms with Crippen molar-refractivity contribution in [2.75, 3.05) is 13.9 Å². The molecule has 0 atom stereocenters. The van der Waals surface area contributed by atoms with Gasteiger partial charge in [-0.2, -0.15) is 0 Å². The van der Waals surface area contributed by atoms with Crippen molar-refractivity contribution in [1.29, 1.82) is 0 Å². The molecule has 0 saturated carbocycles. The maximum Gasteiger partial charge on any atom is 0.266 e. The summed E-state index contributed by atoms with van der Waals surface area (Å²) in [7, 11) is 1.61. The molecule has 132 valence electrons. The minimum absolute atomic E-state index is 0.108. The van der Waals surface area contributed by atoms with Crippen molar-refractivity contribution in [3.8, 4) is 17.2 Å². The molecule has 26 heavy (non-hydrogen) atoms. The van der Waals surface area contributed by atoms with Gasteiger partial charge >= 0.3 is 0 Å². The first-order chi connectivity index (χ1) is 12.7. The second-order valence-electron chi connectivity index (χ2n) is 5.70. The van der Waals surface area contributed by atoms with Gasteiger partial charge in [-0.3, -0.25) is 9.69 Å². The summed E-state index contributed by atoms with van der Waals surface area (Å²) >= 11 is 6.71. The standard InChI is InChI=1S/C19H15NO4S2/c1-22-14-5-3-2-4-13(14)9-17-18(21)20(19(25)26-17)10-12-6-7-15-16(8-12)24-11-23-15/h2-9H,10-11H2,1H3/b17-9+. The first-order valence-electron chi connectivity index (χ1n) is 7.92. The molecule has 0 radical (unpaired) electrons. The van der Waals surface area contributed by atoms with Crippen LogP contribution in [0.4, 0.5) is 0 Å². The Kier molecular flexibility index (Phi) is 4.57. The fourth-order valence-corrected chi connectivity index (χ4v) is 4.03. The van der Waals surface area contributed by atoms with Gasteiger partial charge in [0.1, 0.15) is 10.1 Å². The molecule has 4 rings (SSSR count). The number of fused-ring (bicyclic) bond motifs is 1. The van der Waals surface area contributed by atoms with Crippen LogP contribution in [0, 0.1) is 0 Å². The van der Waals surface area contributed by atoms with Gasteiger partial charge in [0.05, 0.1) is 18.6 Å². The third-order valence-corrected chi connectivity index (χ3v) is 5.45. The summed E-state index contributed by atoms with van der Waals surface area (Å²) in [6.45, 7) is 0.617. The highest BCUT2D eigenvalue weighted by Crippen LogP contribution is 2.37. The zero-order chi connectivity index (χ0) is 18.1. The summed E-state index contributed by atoms with van der Waals surface area (Å²) in [5, 5.41) is 0. The normalized spacial score (nSPS) is 17.3. The monoisotopic (exact) mass is 385 g/mol. The molecule has 2 aromatic rings. The Balaban J connectivity index is 1.56. The number of para-hydroxylation sites is 1. The molecule has 0 unspecified atom stereocenters. The van der Waals surface area contributed by atoms with Gasteiger partial charge in [0.15, 0.2) is 11.5 Å². The molecule has 2 aliphatic rings. The summed E-state index contributed by atoms with van der Waals surface area (Å²) in [6.07, 6.45) is 1.82. The summed E-state index contributed by atoms with van der Waals surface area (Å²) in [6, 6.07) is 13.2. The molecule has 2 aromatic carbocycles. The third-order valence-electron chi connectivity index (χ3n) is 4.08. The van der Waals surface area contributed by atoms with Crippen LogP contribution in [0.3, 0.4) is 0 Å². The molecule has 0 aromatic heterocycles. The molecule has 1 fully saturated rings. The highest BCUT2D eigenvalue weighted by Gasteiger charge is 2.32. The van der Waals surface area contributed by atoms with E-state index < -0.39 is 0 Å². The molecule has 1 amide bonds. The topological polar surface area (TPSA) is 48.0 Å². The third kappa shape index (κ3) is 3.15. The average molecular weight is 385 g/mol. The van der Waals surface area contributed by atoms with E-state index in [0.29, 0.717) is 27.3 Å². The Morgan fingerprint density at radius 2 is 2.04 bits per heavy atom. The minimum atomic E-state index is -0.108. The number of thiocarbonyl (C=S) groups is 1. The molecule has 1 saturated heterocycles. The van der Waals surface area contributed by atoms with Gasteiger partial charge in [-0.15, -0.1) is 0 Å². The van der Waals surface area contributed by atoms with E-state index in [1.54, 1.807) is 12.0 Å². The van der Waals surface area contributed by atoms with Gasteiger partial charge in [-0.05, 0) is 29.8 Å². The summed E-state index contributed by atoms with van der Waals surface area (Å²) in [4.78, 5) is 15.0. The lowest BCUT2D eigenvalue weighted by Crippen LogP contribution is -2.27. The van der Waals surface area contributed by atoms with Gasteiger partial charge in [0, 0.05) is 5.56 Å². The highest BCUT2D eigenvalue weighted by molar-refractivity contribution is 8.26. The number of hydrogen-bond donors (Lipinski definition) is 0. The number of rotatable bonds is 4.